The third-order valence-electron chi connectivity index (χ3n) is 4.13. The van der Waals surface area contributed by atoms with Gasteiger partial charge in [-0.1, -0.05) is 0 Å². The number of nitrogens with zero attached hydrogens (tertiary/aromatic N) is 2. The van der Waals surface area contributed by atoms with Crippen LogP contribution in [0.1, 0.15) is 12.0 Å². The van der Waals surface area contributed by atoms with Gasteiger partial charge in [-0.3, -0.25) is 4.90 Å². The van der Waals surface area contributed by atoms with E-state index in [4.69, 9.17) is 11.5 Å². The monoisotopic (exact) mass is 298 g/mol. The van der Waals surface area contributed by atoms with Gasteiger partial charge >= 0.3 is 0 Å². The first-order valence-corrected chi connectivity index (χ1v) is 7.14. The molecule has 0 atom stereocenters. The molecule has 0 aromatic heterocycles. The molecule has 0 saturated carbocycles. The first-order chi connectivity index (χ1) is 8.96. The standard InChI is InChI=1S/C15H27N4.ClH/c1-19(2)10-8-18(9-11-19)7-3-4-13-12-14(16)5-6-15(13)17;/h5-6,12H,3-4,7-11,16-17H2,1-2H3;1H/q+1;/p-1. The quantitative estimate of drug-likeness (QED) is 0.508. The van der Waals surface area contributed by atoms with Gasteiger partial charge in [0.05, 0.1) is 27.2 Å². The van der Waals surface area contributed by atoms with Crippen LogP contribution in [0.4, 0.5) is 11.4 Å². The lowest BCUT2D eigenvalue weighted by atomic mass is 10.1. The molecule has 0 spiro atoms. The second-order valence-electron chi connectivity index (χ2n) is 6.29. The Morgan fingerprint density at radius 3 is 2.45 bits per heavy atom. The van der Waals surface area contributed by atoms with Gasteiger partial charge < -0.3 is 28.4 Å². The van der Waals surface area contributed by atoms with Crippen LogP contribution in [-0.4, -0.2) is 56.2 Å². The van der Waals surface area contributed by atoms with E-state index >= 15 is 0 Å². The van der Waals surface area contributed by atoms with Crippen molar-refractivity contribution in [3.8, 4) is 0 Å². The molecule has 4 N–H and O–H groups in total. The Hall–Kier alpha value is -0.970. The average molecular weight is 299 g/mol. The molecular formula is C15H27ClN4. The van der Waals surface area contributed by atoms with E-state index in [1.807, 2.05) is 18.2 Å². The average Bonchev–Trinajstić information content (AvgIpc) is 2.35. The minimum absolute atomic E-state index is 0. The Kier molecular flexibility index (Phi) is 6.11. The second kappa shape index (κ2) is 7.16. The number of piperazine rings is 1. The fourth-order valence-electron chi connectivity index (χ4n) is 2.61. The first-order valence-electron chi connectivity index (χ1n) is 7.14. The number of likely N-dealkylation sites (N-methyl/N-ethyl adjacent to an activating group) is 1. The maximum Gasteiger partial charge on any atom is 0.0912 e. The van der Waals surface area contributed by atoms with Gasteiger partial charge in [0.15, 0.2) is 0 Å². The lowest BCUT2D eigenvalue weighted by Gasteiger charge is -2.39. The maximum atomic E-state index is 5.97. The van der Waals surface area contributed by atoms with Gasteiger partial charge in [-0.05, 0) is 43.1 Å². The Balaban J connectivity index is 0.00000200. The van der Waals surface area contributed by atoms with Crippen molar-refractivity contribution in [2.75, 3.05) is 58.3 Å². The van der Waals surface area contributed by atoms with E-state index in [1.54, 1.807) is 0 Å². The van der Waals surface area contributed by atoms with Gasteiger partial charge in [-0.2, -0.15) is 0 Å². The van der Waals surface area contributed by atoms with Crippen molar-refractivity contribution in [1.29, 1.82) is 0 Å². The summed E-state index contributed by atoms with van der Waals surface area (Å²) in [7, 11) is 4.62. The van der Waals surface area contributed by atoms with Gasteiger partial charge in [0.2, 0.25) is 0 Å². The summed E-state index contributed by atoms with van der Waals surface area (Å²) < 4.78 is 1.15. The van der Waals surface area contributed by atoms with Crippen molar-refractivity contribution >= 4 is 11.4 Å². The second-order valence-corrected chi connectivity index (χ2v) is 6.29. The Bertz CT molecular complexity index is 424. The van der Waals surface area contributed by atoms with Gasteiger partial charge in [0.25, 0.3) is 0 Å². The van der Waals surface area contributed by atoms with Crippen molar-refractivity contribution in [2.45, 2.75) is 12.8 Å². The molecule has 1 aromatic carbocycles. The smallest absolute Gasteiger partial charge is 0.0912 e. The highest BCUT2D eigenvalue weighted by molar-refractivity contribution is 5.55. The number of quaternary nitrogens is 1. The number of rotatable bonds is 4. The summed E-state index contributed by atoms with van der Waals surface area (Å²) in [6, 6.07) is 5.78. The van der Waals surface area contributed by atoms with Crippen molar-refractivity contribution in [3.05, 3.63) is 23.8 Å². The lowest BCUT2D eigenvalue weighted by molar-refractivity contribution is -0.894. The summed E-state index contributed by atoms with van der Waals surface area (Å²) in [5.74, 6) is 0. The van der Waals surface area contributed by atoms with Crippen LogP contribution in [0.25, 0.3) is 0 Å². The molecule has 20 heavy (non-hydrogen) atoms. The van der Waals surface area contributed by atoms with Crippen molar-refractivity contribution in [3.63, 3.8) is 0 Å². The van der Waals surface area contributed by atoms with Gasteiger partial charge in [0, 0.05) is 24.5 Å². The molecule has 1 heterocycles. The molecule has 1 aliphatic rings. The Labute approximate surface area is 128 Å². The fraction of sp³-hybridized carbons (Fsp3) is 0.600. The van der Waals surface area contributed by atoms with Crippen molar-refractivity contribution in [1.82, 2.24) is 4.90 Å². The van der Waals surface area contributed by atoms with E-state index in [-0.39, 0.29) is 12.4 Å². The van der Waals surface area contributed by atoms with Crippen LogP contribution in [0.5, 0.6) is 0 Å². The zero-order chi connectivity index (χ0) is 13.9. The predicted octanol–water partition coefficient (Wildman–Crippen LogP) is -1.82. The molecule has 0 aliphatic carbocycles. The van der Waals surface area contributed by atoms with Crippen molar-refractivity contribution in [2.24, 2.45) is 0 Å². The minimum Gasteiger partial charge on any atom is -1.00 e. The minimum atomic E-state index is 0. The predicted molar refractivity (Wildman–Crippen MR) is 81.9 cm³/mol. The summed E-state index contributed by atoms with van der Waals surface area (Å²) >= 11 is 0. The lowest BCUT2D eigenvalue weighted by Crippen LogP contribution is -3.00. The number of hydrogen-bond acceptors (Lipinski definition) is 3. The van der Waals surface area contributed by atoms with Crippen LogP contribution in [-0.2, 0) is 6.42 Å². The zero-order valence-corrected chi connectivity index (χ0v) is 13.4. The highest BCUT2D eigenvalue weighted by atomic mass is 35.5. The fourth-order valence-corrected chi connectivity index (χ4v) is 2.61. The third kappa shape index (κ3) is 4.85. The molecule has 1 aromatic rings. The topological polar surface area (TPSA) is 55.3 Å². The van der Waals surface area contributed by atoms with E-state index in [0.29, 0.717) is 0 Å². The molecule has 1 aliphatic heterocycles. The molecule has 2 rings (SSSR count). The number of anilines is 2. The molecule has 0 bridgehead atoms. The van der Waals surface area contributed by atoms with Crippen LogP contribution >= 0.6 is 0 Å². The van der Waals surface area contributed by atoms with E-state index in [2.05, 4.69) is 19.0 Å². The highest BCUT2D eigenvalue weighted by Crippen LogP contribution is 2.17. The largest absolute Gasteiger partial charge is 1.00 e. The van der Waals surface area contributed by atoms with E-state index < -0.39 is 0 Å². The number of hydrogen-bond donors (Lipinski definition) is 2. The third-order valence-corrected chi connectivity index (χ3v) is 4.13. The zero-order valence-electron chi connectivity index (χ0n) is 12.6. The Morgan fingerprint density at radius 1 is 1.15 bits per heavy atom. The van der Waals surface area contributed by atoms with Crippen LogP contribution in [0.3, 0.4) is 0 Å². The number of nitrogen functional groups attached to an aromatic ring is 2. The van der Waals surface area contributed by atoms with E-state index in [0.717, 1.165) is 35.2 Å². The number of aryl methyl sites for hydroxylation is 1. The molecule has 1 saturated heterocycles. The maximum absolute atomic E-state index is 5.97. The van der Waals surface area contributed by atoms with E-state index in [9.17, 15) is 0 Å². The molecule has 0 unspecified atom stereocenters. The van der Waals surface area contributed by atoms with Crippen molar-refractivity contribution < 1.29 is 16.9 Å². The molecule has 0 radical (unpaired) electrons. The van der Waals surface area contributed by atoms with Gasteiger partial charge in [-0.25, -0.2) is 0 Å². The molecule has 0 amide bonds. The number of benzene rings is 1. The molecule has 1 fully saturated rings. The van der Waals surface area contributed by atoms with E-state index in [1.165, 1.54) is 31.7 Å². The molecular weight excluding hydrogens is 272 g/mol. The molecule has 5 heteroatoms. The van der Waals surface area contributed by atoms with Crippen LogP contribution in [0.2, 0.25) is 0 Å². The number of halogens is 1. The Morgan fingerprint density at radius 2 is 1.80 bits per heavy atom. The van der Waals surface area contributed by atoms with Crippen LogP contribution in [0, 0.1) is 0 Å². The van der Waals surface area contributed by atoms with Gasteiger partial charge in [0.1, 0.15) is 0 Å². The summed E-state index contributed by atoms with van der Waals surface area (Å²) in [6.07, 6.45) is 2.17. The summed E-state index contributed by atoms with van der Waals surface area (Å²) in [4.78, 5) is 2.56. The summed E-state index contributed by atoms with van der Waals surface area (Å²) in [5.41, 5.74) is 14.6. The van der Waals surface area contributed by atoms with Gasteiger partial charge in [-0.15, -0.1) is 0 Å². The summed E-state index contributed by atoms with van der Waals surface area (Å²) in [5, 5.41) is 0. The number of nitrogens with two attached hydrogens (primary N) is 2. The first kappa shape index (κ1) is 17.1. The SMILES string of the molecule is C[N+]1(C)CCN(CCCc2cc(N)ccc2N)CC1.[Cl-]. The van der Waals surface area contributed by atoms with Crippen LogP contribution in [0.15, 0.2) is 18.2 Å². The normalized spacial score (nSPS) is 18.5. The molecule has 114 valence electrons. The molecule has 4 nitrogen and oxygen atoms in total. The van der Waals surface area contributed by atoms with Crippen LogP contribution < -0.4 is 23.9 Å². The highest BCUT2D eigenvalue weighted by Gasteiger charge is 2.23. The summed E-state index contributed by atoms with van der Waals surface area (Å²) in [6.45, 7) is 6.08.